The number of aryl methyl sites for hydroxylation is 1. The van der Waals surface area contributed by atoms with Gasteiger partial charge in [-0.05, 0) is 58.3 Å². The molecule has 3 aromatic carbocycles. The summed E-state index contributed by atoms with van der Waals surface area (Å²) in [4.78, 5) is 4.66. The first kappa shape index (κ1) is 17.1. The average Bonchev–Trinajstić information content (AvgIpc) is 3.20. The summed E-state index contributed by atoms with van der Waals surface area (Å²) in [7, 11) is -1.64. The molecular weight excluding hydrogens is 386 g/mol. The molecule has 0 N–H and O–H groups in total. The van der Waals surface area contributed by atoms with E-state index in [1.807, 2.05) is 17.5 Å². The van der Waals surface area contributed by atoms with E-state index in [9.17, 15) is 0 Å². The molecule has 0 amide bonds. The molecule has 0 unspecified atom stereocenters. The highest BCUT2D eigenvalue weighted by atomic mass is 32.1. The van der Waals surface area contributed by atoms with E-state index in [1.54, 1.807) is 10.4 Å². The predicted octanol–water partition coefficient (Wildman–Crippen LogP) is 6.23. The number of fused-ring (bicyclic) bond motifs is 6. The first-order chi connectivity index (χ1) is 14.0. The Labute approximate surface area is 175 Å². The highest BCUT2D eigenvalue weighted by Gasteiger charge is 2.37. The Kier molecular flexibility index (Phi) is 3.47. The Hall–Kier alpha value is -2.75. The highest BCUT2D eigenvalue weighted by molar-refractivity contribution is 7.26. The topological polar surface area (TPSA) is 12.9 Å². The summed E-state index contributed by atoms with van der Waals surface area (Å²) < 4.78 is 2.74. The molecule has 0 bridgehead atoms. The number of hydrogen-bond donors (Lipinski definition) is 0. The van der Waals surface area contributed by atoms with Gasteiger partial charge in [0.25, 0.3) is 0 Å². The van der Waals surface area contributed by atoms with Crippen LogP contribution in [0.25, 0.3) is 42.6 Å². The van der Waals surface area contributed by atoms with Crippen molar-refractivity contribution in [3.05, 3.63) is 78.5 Å². The van der Waals surface area contributed by atoms with Crippen LogP contribution in [0.4, 0.5) is 0 Å². The van der Waals surface area contributed by atoms with Crippen molar-refractivity contribution in [2.75, 3.05) is 0 Å². The van der Waals surface area contributed by atoms with Crippen LogP contribution in [0.2, 0.25) is 13.1 Å². The lowest BCUT2D eigenvalue weighted by Gasteiger charge is -2.18. The molecule has 0 radical (unpaired) electrons. The lowest BCUT2D eigenvalue weighted by atomic mass is 10.0. The Balaban J connectivity index is 1.68. The fraction of sp³-hybridized carbons (Fsp3) is 0.115. The number of nitrogens with zero attached hydrogens (tertiary/aromatic N) is 1. The lowest BCUT2D eigenvalue weighted by Crippen LogP contribution is -2.49. The summed E-state index contributed by atoms with van der Waals surface area (Å²) in [6.07, 6.45) is 1.91. The van der Waals surface area contributed by atoms with Crippen LogP contribution in [-0.2, 0) is 0 Å². The molecule has 3 heteroatoms. The molecule has 29 heavy (non-hydrogen) atoms. The van der Waals surface area contributed by atoms with E-state index in [4.69, 9.17) is 0 Å². The van der Waals surface area contributed by atoms with Crippen molar-refractivity contribution in [2.45, 2.75) is 20.0 Å². The van der Waals surface area contributed by atoms with Gasteiger partial charge in [0.2, 0.25) is 0 Å². The second-order valence-corrected chi connectivity index (χ2v) is 13.9. The fourth-order valence-corrected chi connectivity index (χ4v) is 9.31. The molecule has 5 aromatic rings. The molecule has 0 fully saturated rings. The van der Waals surface area contributed by atoms with E-state index in [0.717, 1.165) is 5.69 Å². The van der Waals surface area contributed by atoms with Crippen molar-refractivity contribution in [1.29, 1.82) is 0 Å². The van der Waals surface area contributed by atoms with Crippen LogP contribution in [0.15, 0.2) is 72.9 Å². The lowest BCUT2D eigenvalue weighted by molar-refractivity contribution is 1.29. The molecule has 1 aliphatic heterocycles. The van der Waals surface area contributed by atoms with E-state index >= 15 is 0 Å². The Morgan fingerprint density at radius 1 is 0.759 bits per heavy atom. The molecule has 0 saturated heterocycles. The van der Waals surface area contributed by atoms with Crippen molar-refractivity contribution >= 4 is 50.0 Å². The van der Waals surface area contributed by atoms with E-state index in [0.29, 0.717) is 0 Å². The zero-order chi connectivity index (χ0) is 19.8. The maximum Gasteiger partial charge on any atom is 0.113 e. The van der Waals surface area contributed by atoms with Gasteiger partial charge < -0.3 is 0 Å². The van der Waals surface area contributed by atoms with E-state index in [1.165, 1.54) is 42.4 Å². The van der Waals surface area contributed by atoms with E-state index in [2.05, 4.69) is 91.7 Å². The highest BCUT2D eigenvalue weighted by Crippen LogP contribution is 2.42. The van der Waals surface area contributed by atoms with Gasteiger partial charge in [-0.15, -0.1) is 11.3 Å². The second-order valence-electron chi connectivity index (χ2n) is 8.57. The van der Waals surface area contributed by atoms with Gasteiger partial charge in [0.1, 0.15) is 8.07 Å². The summed E-state index contributed by atoms with van der Waals surface area (Å²) in [6.45, 7) is 7.10. The summed E-state index contributed by atoms with van der Waals surface area (Å²) >= 11 is 1.92. The van der Waals surface area contributed by atoms with Crippen molar-refractivity contribution in [3.63, 3.8) is 0 Å². The van der Waals surface area contributed by atoms with Crippen LogP contribution in [0, 0.1) is 6.92 Å². The first-order valence-corrected chi connectivity index (χ1v) is 13.9. The molecule has 1 aliphatic rings. The number of benzene rings is 3. The van der Waals surface area contributed by atoms with Crippen LogP contribution in [-0.4, -0.2) is 13.1 Å². The molecular formula is C26H21NSSi. The van der Waals surface area contributed by atoms with Crippen molar-refractivity contribution in [2.24, 2.45) is 0 Å². The molecule has 140 valence electrons. The number of hydrogen-bond acceptors (Lipinski definition) is 2. The average molecular weight is 408 g/mol. The first-order valence-electron chi connectivity index (χ1n) is 10.1. The number of thiophene rings is 1. The Bertz CT molecular complexity index is 1440. The van der Waals surface area contributed by atoms with Gasteiger partial charge >= 0.3 is 0 Å². The van der Waals surface area contributed by atoms with Gasteiger partial charge in [-0.25, -0.2) is 0 Å². The van der Waals surface area contributed by atoms with Crippen LogP contribution in [0.3, 0.4) is 0 Å². The van der Waals surface area contributed by atoms with E-state index < -0.39 is 8.07 Å². The van der Waals surface area contributed by atoms with Gasteiger partial charge in [0.15, 0.2) is 0 Å². The Morgan fingerprint density at radius 2 is 1.59 bits per heavy atom. The van der Waals surface area contributed by atoms with Crippen LogP contribution < -0.4 is 10.4 Å². The maximum absolute atomic E-state index is 4.66. The van der Waals surface area contributed by atoms with Crippen molar-refractivity contribution < 1.29 is 0 Å². The smallest absolute Gasteiger partial charge is 0.113 e. The van der Waals surface area contributed by atoms with Gasteiger partial charge in [-0.1, -0.05) is 55.6 Å². The van der Waals surface area contributed by atoms with Gasteiger partial charge in [0.05, 0.1) is 5.69 Å². The molecule has 2 aromatic heterocycles. The van der Waals surface area contributed by atoms with Crippen LogP contribution in [0.5, 0.6) is 0 Å². The minimum absolute atomic E-state index is 1.06. The number of rotatable bonds is 1. The third kappa shape index (κ3) is 2.35. The summed E-state index contributed by atoms with van der Waals surface area (Å²) in [5.74, 6) is 0. The molecule has 0 saturated carbocycles. The maximum atomic E-state index is 4.66. The van der Waals surface area contributed by atoms with Gasteiger partial charge in [0, 0.05) is 31.9 Å². The summed E-state index contributed by atoms with van der Waals surface area (Å²) in [5.41, 5.74) is 6.44. The molecule has 0 spiro atoms. The third-order valence-corrected chi connectivity index (χ3v) is 11.1. The zero-order valence-corrected chi connectivity index (χ0v) is 18.6. The van der Waals surface area contributed by atoms with Gasteiger partial charge in [-0.2, -0.15) is 0 Å². The molecule has 0 atom stereocenters. The number of aromatic nitrogens is 1. The summed E-state index contributed by atoms with van der Waals surface area (Å²) in [5, 5.41) is 5.87. The van der Waals surface area contributed by atoms with Crippen molar-refractivity contribution in [1.82, 2.24) is 4.98 Å². The molecule has 3 heterocycles. The summed E-state index contributed by atoms with van der Waals surface area (Å²) in [6, 6.07) is 24.9. The molecule has 1 nitrogen and oxygen atoms in total. The van der Waals surface area contributed by atoms with E-state index in [-0.39, 0.29) is 0 Å². The van der Waals surface area contributed by atoms with Crippen LogP contribution >= 0.6 is 11.3 Å². The quantitative estimate of drug-likeness (QED) is 0.300. The monoisotopic (exact) mass is 407 g/mol. The predicted molar refractivity (Wildman–Crippen MR) is 129 cm³/mol. The minimum atomic E-state index is -1.64. The minimum Gasteiger partial charge on any atom is -0.256 e. The second kappa shape index (κ2) is 5.88. The SMILES string of the molecule is Cc1ccnc(-c2cccc3c2sc2cc4c(cc23)-c2ccccc2[Si]4(C)C)c1. The molecule has 6 rings (SSSR count). The third-order valence-electron chi connectivity index (χ3n) is 6.39. The van der Waals surface area contributed by atoms with Crippen molar-refractivity contribution in [3.8, 4) is 22.4 Å². The van der Waals surface area contributed by atoms with Gasteiger partial charge in [-0.3, -0.25) is 4.98 Å². The zero-order valence-electron chi connectivity index (χ0n) is 16.8. The van der Waals surface area contributed by atoms with Crippen LogP contribution in [0.1, 0.15) is 5.56 Å². The Morgan fingerprint density at radius 3 is 2.45 bits per heavy atom. The molecule has 0 aliphatic carbocycles. The normalized spacial score (nSPS) is 14.3. The fourth-order valence-electron chi connectivity index (χ4n) is 4.88. The largest absolute Gasteiger partial charge is 0.256 e. The number of pyridine rings is 1. The standard InChI is InChI=1S/C26H21NSSi/c1-16-11-12-27-22(13-16)19-9-6-8-18-20-14-21-17-7-4-5-10-24(17)29(2,3)25(21)15-23(20)28-26(18)19/h4-15H,1-3H3.